The average molecular weight is 368 g/mol. The van der Waals surface area contributed by atoms with Gasteiger partial charge in [-0.05, 0) is 44.5 Å². The van der Waals surface area contributed by atoms with Crippen LogP contribution < -0.4 is 0 Å². The summed E-state index contributed by atoms with van der Waals surface area (Å²) in [4.78, 5) is 0. The Morgan fingerprint density at radius 3 is 1.21 bits per heavy atom. The van der Waals surface area contributed by atoms with Crippen molar-refractivity contribution in [3.63, 3.8) is 0 Å². The topological polar surface area (TPSA) is 0 Å². The van der Waals surface area contributed by atoms with Crippen LogP contribution in [-0.4, -0.2) is 0 Å². The Hall–Kier alpha value is -3.64. The summed E-state index contributed by atoms with van der Waals surface area (Å²) in [7, 11) is 0. The Morgan fingerprint density at radius 2 is 0.759 bits per heavy atom. The van der Waals surface area contributed by atoms with Crippen molar-refractivity contribution in [3.05, 3.63) is 155 Å². The van der Waals surface area contributed by atoms with Crippen molar-refractivity contribution in [1.29, 1.82) is 0 Å². The van der Waals surface area contributed by atoms with Crippen molar-refractivity contribution in [1.82, 2.24) is 0 Å². The Kier molecular flexibility index (Phi) is 3.48. The Morgan fingerprint density at radius 1 is 0.379 bits per heavy atom. The smallest absolute Gasteiger partial charge is 0.0593 e. The molecular weight excluding hydrogens is 348 g/mol. The van der Waals surface area contributed by atoms with Gasteiger partial charge in [-0.2, -0.15) is 0 Å². The molecule has 0 aromatic heterocycles. The van der Waals surface area contributed by atoms with E-state index in [1.54, 1.807) is 0 Å². The van der Waals surface area contributed by atoms with Gasteiger partial charge < -0.3 is 0 Å². The second-order valence-corrected chi connectivity index (χ2v) is 7.81. The summed E-state index contributed by atoms with van der Waals surface area (Å²) in [6.45, 7) is 0. The third-order valence-corrected chi connectivity index (χ3v) is 6.24. The van der Waals surface area contributed by atoms with Crippen molar-refractivity contribution in [2.45, 2.75) is 5.41 Å². The van der Waals surface area contributed by atoms with Gasteiger partial charge in [0.25, 0.3) is 0 Å². The van der Waals surface area contributed by atoms with Crippen molar-refractivity contribution in [2.24, 2.45) is 0 Å². The van der Waals surface area contributed by atoms with Crippen LogP contribution in [0.25, 0.3) is 11.1 Å². The minimum Gasteiger partial charge on any atom is -0.0622 e. The van der Waals surface area contributed by atoms with E-state index in [2.05, 4.69) is 121 Å². The first-order valence-electron chi connectivity index (χ1n) is 10.1. The predicted octanol–water partition coefficient (Wildman–Crippen LogP) is 6.86. The lowest BCUT2D eigenvalue weighted by Gasteiger charge is -2.23. The van der Waals surface area contributed by atoms with Gasteiger partial charge in [0, 0.05) is 0 Å². The molecule has 4 aromatic rings. The molecule has 0 atom stereocenters. The minimum atomic E-state index is -0.219. The number of hydrogen-bond acceptors (Lipinski definition) is 0. The normalized spacial score (nSPS) is 15.6. The molecular formula is C29H20. The second-order valence-electron chi connectivity index (χ2n) is 7.81. The summed E-state index contributed by atoms with van der Waals surface area (Å²) in [5.41, 5.74) is 10.4. The minimum absolute atomic E-state index is 0.219. The molecule has 4 aromatic carbocycles. The highest BCUT2D eigenvalue weighted by Crippen LogP contribution is 2.54. The molecule has 136 valence electrons. The summed E-state index contributed by atoms with van der Waals surface area (Å²) in [6.07, 6.45) is 4.95. The number of allylic oxidation sites excluding steroid dienone is 2. The standard InChI is InChI=1S/C29H20/c1-3-11-21(12-4-1)25-19-29(27-17-9-7-15-23(25)27)20-26(22-13-5-2-6-14-22)24-16-8-10-18-28(24)29/h1-20H. The van der Waals surface area contributed by atoms with Crippen LogP contribution >= 0.6 is 0 Å². The lowest BCUT2D eigenvalue weighted by Crippen LogP contribution is -2.18. The van der Waals surface area contributed by atoms with Gasteiger partial charge in [0.15, 0.2) is 0 Å². The highest BCUT2D eigenvalue weighted by atomic mass is 14.4. The van der Waals surface area contributed by atoms with Crippen LogP contribution in [0.2, 0.25) is 0 Å². The summed E-state index contributed by atoms with van der Waals surface area (Å²) >= 11 is 0. The monoisotopic (exact) mass is 368 g/mol. The Bertz CT molecular complexity index is 1170. The van der Waals surface area contributed by atoms with Gasteiger partial charge in [0.1, 0.15) is 0 Å². The van der Waals surface area contributed by atoms with Crippen LogP contribution in [0.5, 0.6) is 0 Å². The molecule has 0 radical (unpaired) electrons. The molecule has 2 aliphatic carbocycles. The second kappa shape index (κ2) is 6.18. The summed E-state index contributed by atoms with van der Waals surface area (Å²) < 4.78 is 0. The summed E-state index contributed by atoms with van der Waals surface area (Å²) in [5, 5.41) is 0. The number of hydrogen-bond donors (Lipinski definition) is 0. The van der Waals surface area contributed by atoms with Crippen molar-refractivity contribution < 1.29 is 0 Å². The molecule has 0 unspecified atom stereocenters. The zero-order valence-electron chi connectivity index (χ0n) is 16.0. The maximum atomic E-state index is 2.47. The molecule has 0 aliphatic heterocycles. The van der Waals surface area contributed by atoms with E-state index in [1.807, 2.05) is 0 Å². The average Bonchev–Trinajstić information content (AvgIpc) is 3.32. The fraction of sp³-hybridized carbons (Fsp3) is 0.0345. The lowest BCUT2D eigenvalue weighted by atomic mass is 9.78. The molecule has 0 N–H and O–H groups in total. The van der Waals surface area contributed by atoms with E-state index in [1.165, 1.54) is 44.5 Å². The quantitative estimate of drug-likeness (QED) is 0.362. The van der Waals surface area contributed by atoms with Gasteiger partial charge in [-0.1, -0.05) is 121 Å². The summed E-state index contributed by atoms with van der Waals surface area (Å²) in [6, 6.07) is 39.3. The van der Waals surface area contributed by atoms with Crippen LogP contribution in [0.3, 0.4) is 0 Å². The van der Waals surface area contributed by atoms with Crippen LogP contribution in [0.15, 0.2) is 121 Å². The molecule has 29 heavy (non-hydrogen) atoms. The van der Waals surface area contributed by atoms with E-state index in [0.29, 0.717) is 0 Å². The maximum Gasteiger partial charge on any atom is 0.0593 e. The molecule has 0 nitrogen and oxygen atoms in total. The Balaban J connectivity index is 1.67. The van der Waals surface area contributed by atoms with E-state index in [4.69, 9.17) is 0 Å². The fourth-order valence-corrected chi connectivity index (χ4v) is 4.98. The number of benzene rings is 4. The van der Waals surface area contributed by atoms with Crippen LogP contribution in [0.1, 0.15) is 33.4 Å². The third-order valence-electron chi connectivity index (χ3n) is 6.24. The SMILES string of the molecule is C1=C(c2ccccc2)c2ccccc2C12C=C(c1ccccc1)c1ccccc12. The van der Waals surface area contributed by atoms with E-state index >= 15 is 0 Å². The van der Waals surface area contributed by atoms with Gasteiger partial charge in [0.05, 0.1) is 5.41 Å². The van der Waals surface area contributed by atoms with Crippen LogP contribution in [-0.2, 0) is 5.41 Å². The van der Waals surface area contributed by atoms with E-state index in [9.17, 15) is 0 Å². The van der Waals surface area contributed by atoms with E-state index in [0.717, 1.165) is 0 Å². The molecule has 6 rings (SSSR count). The van der Waals surface area contributed by atoms with Gasteiger partial charge in [-0.15, -0.1) is 0 Å². The van der Waals surface area contributed by atoms with Crippen molar-refractivity contribution >= 4 is 11.1 Å². The Labute approximate surface area is 171 Å². The molecule has 0 heterocycles. The molecule has 0 bridgehead atoms. The molecule has 1 spiro atoms. The zero-order valence-corrected chi connectivity index (χ0v) is 16.0. The number of rotatable bonds is 2. The van der Waals surface area contributed by atoms with Crippen molar-refractivity contribution in [3.8, 4) is 0 Å². The third kappa shape index (κ3) is 2.33. The van der Waals surface area contributed by atoms with Crippen LogP contribution in [0, 0.1) is 0 Å². The molecule has 0 amide bonds. The predicted molar refractivity (Wildman–Crippen MR) is 121 cm³/mol. The molecule has 0 fully saturated rings. The van der Waals surface area contributed by atoms with Gasteiger partial charge in [-0.25, -0.2) is 0 Å². The first kappa shape index (κ1) is 16.3. The molecule has 0 saturated heterocycles. The fourth-order valence-electron chi connectivity index (χ4n) is 4.98. The zero-order chi connectivity index (χ0) is 19.3. The van der Waals surface area contributed by atoms with Gasteiger partial charge in [0.2, 0.25) is 0 Å². The van der Waals surface area contributed by atoms with E-state index in [-0.39, 0.29) is 5.41 Å². The molecule has 2 aliphatic rings. The first-order valence-corrected chi connectivity index (χ1v) is 10.1. The van der Waals surface area contributed by atoms with Crippen molar-refractivity contribution in [2.75, 3.05) is 0 Å². The molecule has 0 saturated carbocycles. The van der Waals surface area contributed by atoms with Gasteiger partial charge >= 0.3 is 0 Å². The van der Waals surface area contributed by atoms with Gasteiger partial charge in [-0.3, -0.25) is 0 Å². The number of fused-ring (bicyclic) bond motifs is 4. The largest absolute Gasteiger partial charge is 0.0622 e. The highest BCUT2D eigenvalue weighted by molar-refractivity contribution is 5.96. The maximum absolute atomic E-state index is 2.47. The lowest BCUT2D eigenvalue weighted by molar-refractivity contribution is 0.850. The van der Waals surface area contributed by atoms with Crippen LogP contribution in [0.4, 0.5) is 0 Å². The molecule has 0 heteroatoms. The summed E-state index contributed by atoms with van der Waals surface area (Å²) in [5.74, 6) is 0. The van der Waals surface area contributed by atoms with E-state index < -0.39 is 0 Å². The highest BCUT2D eigenvalue weighted by Gasteiger charge is 2.43. The first-order chi connectivity index (χ1) is 14.4.